The second-order valence-electron chi connectivity index (χ2n) is 3.97. The zero-order chi connectivity index (χ0) is 12.2. The van der Waals surface area contributed by atoms with Crippen molar-refractivity contribution in [3.8, 4) is 0 Å². The number of carbonyl (C=O) groups excluding carboxylic acids is 1. The van der Waals surface area contributed by atoms with Crippen molar-refractivity contribution in [1.29, 1.82) is 0 Å². The summed E-state index contributed by atoms with van der Waals surface area (Å²) in [6.07, 6.45) is 4.20. The molecule has 0 aliphatic heterocycles. The van der Waals surface area contributed by atoms with Gasteiger partial charge in [-0.2, -0.15) is 0 Å². The number of hydrogen-bond acceptors (Lipinski definition) is 4. The number of Topliss-reactive ketones (excluding diaryl/α,β-unsaturated/α-hetero) is 1. The Kier molecular flexibility index (Phi) is 10.0. The number of carbonyl (C=O) groups is 1. The molecule has 0 aromatic rings. The third-order valence-electron chi connectivity index (χ3n) is 2.18. The molecule has 0 aromatic heterocycles. The Hall–Kier alpha value is -0.900. The molecule has 4 nitrogen and oxygen atoms in total. The van der Waals surface area contributed by atoms with Gasteiger partial charge in [0.2, 0.25) is 0 Å². The normalized spacial score (nSPS) is 12.9. The lowest BCUT2D eigenvalue weighted by atomic mass is 10.1. The second-order valence-corrected chi connectivity index (χ2v) is 3.97. The van der Waals surface area contributed by atoms with Gasteiger partial charge >= 0.3 is 0 Å². The first kappa shape index (κ1) is 15.1. The Morgan fingerprint density at radius 1 is 1.38 bits per heavy atom. The van der Waals surface area contributed by atoms with Crippen molar-refractivity contribution < 1.29 is 14.4 Å². The molecule has 1 atom stereocenters. The SMILES string of the molecule is CCC(C)COCCCCO/N=C\C(C)=O. The highest BCUT2D eigenvalue weighted by Crippen LogP contribution is 2.01. The molecule has 0 saturated heterocycles. The zero-order valence-corrected chi connectivity index (χ0v) is 10.6. The summed E-state index contributed by atoms with van der Waals surface area (Å²) in [5.41, 5.74) is 0. The minimum absolute atomic E-state index is 0.100. The van der Waals surface area contributed by atoms with Crippen LogP contribution in [0.5, 0.6) is 0 Å². The highest BCUT2D eigenvalue weighted by atomic mass is 16.6. The van der Waals surface area contributed by atoms with Crippen LogP contribution in [-0.2, 0) is 14.4 Å². The van der Waals surface area contributed by atoms with Crippen molar-refractivity contribution in [1.82, 2.24) is 0 Å². The molecule has 0 rings (SSSR count). The van der Waals surface area contributed by atoms with Crippen molar-refractivity contribution in [2.75, 3.05) is 19.8 Å². The van der Waals surface area contributed by atoms with Gasteiger partial charge in [-0.05, 0) is 18.8 Å². The maximum absolute atomic E-state index is 10.5. The van der Waals surface area contributed by atoms with E-state index in [2.05, 4.69) is 19.0 Å². The van der Waals surface area contributed by atoms with Crippen LogP contribution in [0, 0.1) is 5.92 Å². The van der Waals surface area contributed by atoms with Crippen molar-refractivity contribution in [3.63, 3.8) is 0 Å². The number of rotatable bonds is 10. The van der Waals surface area contributed by atoms with Crippen LogP contribution in [0.4, 0.5) is 0 Å². The highest BCUT2D eigenvalue weighted by Gasteiger charge is 1.97. The third kappa shape index (κ3) is 11.2. The fourth-order valence-corrected chi connectivity index (χ4v) is 0.937. The molecule has 0 heterocycles. The van der Waals surface area contributed by atoms with E-state index in [0.29, 0.717) is 12.5 Å². The van der Waals surface area contributed by atoms with Crippen molar-refractivity contribution in [3.05, 3.63) is 0 Å². The van der Waals surface area contributed by atoms with E-state index in [0.717, 1.165) is 32.5 Å². The second kappa shape index (κ2) is 10.6. The van der Waals surface area contributed by atoms with Crippen molar-refractivity contribution in [2.45, 2.75) is 40.0 Å². The predicted octanol–water partition coefficient (Wildman–Crippen LogP) is 2.42. The molecule has 0 fully saturated rings. The van der Waals surface area contributed by atoms with Gasteiger partial charge in [0.05, 0.1) is 0 Å². The molecule has 0 aromatic carbocycles. The van der Waals surface area contributed by atoms with Gasteiger partial charge in [0, 0.05) is 20.1 Å². The van der Waals surface area contributed by atoms with Crippen LogP contribution < -0.4 is 0 Å². The Balaban J connectivity index is 3.13. The average molecular weight is 229 g/mol. The van der Waals surface area contributed by atoms with E-state index in [-0.39, 0.29) is 5.78 Å². The van der Waals surface area contributed by atoms with E-state index in [1.807, 2.05) is 0 Å². The molecule has 0 N–H and O–H groups in total. The molecule has 0 radical (unpaired) electrons. The largest absolute Gasteiger partial charge is 0.396 e. The molecule has 0 spiro atoms. The van der Waals surface area contributed by atoms with Gasteiger partial charge in [-0.25, -0.2) is 0 Å². The minimum atomic E-state index is -0.100. The van der Waals surface area contributed by atoms with E-state index in [4.69, 9.17) is 9.57 Å². The van der Waals surface area contributed by atoms with E-state index < -0.39 is 0 Å². The van der Waals surface area contributed by atoms with Gasteiger partial charge in [-0.3, -0.25) is 4.79 Å². The van der Waals surface area contributed by atoms with Crippen molar-refractivity contribution in [2.24, 2.45) is 11.1 Å². The van der Waals surface area contributed by atoms with Crippen LogP contribution in [0.2, 0.25) is 0 Å². The first-order valence-corrected chi connectivity index (χ1v) is 5.90. The standard InChI is InChI=1S/C12H23NO3/c1-4-11(2)10-15-7-5-6-8-16-13-9-12(3)14/h9,11H,4-8,10H2,1-3H3/b13-9-. The predicted molar refractivity (Wildman–Crippen MR) is 64.6 cm³/mol. The average Bonchev–Trinajstić information content (AvgIpc) is 2.26. The third-order valence-corrected chi connectivity index (χ3v) is 2.18. The Morgan fingerprint density at radius 2 is 2.06 bits per heavy atom. The molecule has 0 bridgehead atoms. The lowest BCUT2D eigenvalue weighted by Gasteiger charge is -2.08. The molecule has 16 heavy (non-hydrogen) atoms. The van der Waals surface area contributed by atoms with Crippen LogP contribution in [0.3, 0.4) is 0 Å². The van der Waals surface area contributed by atoms with E-state index in [1.165, 1.54) is 13.1 Å². The molecule has 4 heteroatoms. The topological polar surface area (TPSA) is 47.9 Å². The summed E-state index contributed by atoms with van der Waals surface area (Å²) in [6.45, 7) is 7.92. The molecular formula is C12H23NO3. The van der Waals surface area contributed by atoms with Gasteiger partial charge in [0.15, 0.2) is 5.78 Å². The van der Waals surface area contributed by atoms with Crippen LogP contribution in [0.25, 0.3) is 0 Å². The monoisotopic (exact) mass is 229 g/mol. The van der Waals surface area contributed by atoms with Crippen molar-refractivity contribution >= 4 is 12.0 Å². The molecule has 94 valence electrons. The summed E-state index contributed by atoms with van der Waals surface area (Å²) in [7, 11) is 0. The summed E-state index contributed by atoms with van der Waals surface area (Å²) in [4.78, 5) is 15.3. The number of ketones is 1. The quantitative estimate of drug-likeness (QED) is 0.328. The number of oxime groups is 1. The zero-order valence-electron chi connectivity index (χ0n) is 10.6. The van der Waals surface area contributed by atoms with Gasteiger partial charge in [0.25, 0.3) is 0 Å². The van der Waals surface area contributed by atoms with Gasteiger partial charge in [0.1, 0.15) is 12.8 Å². The Labute approximate surface area is 98.0 Å². The Bertz CT molecular complexity index is 204. The van der Waals surface area contributed by atoms with Crippen LogP contribution >= 0.6 is 0 Å². The van der Waals surface area contributed by atoms with Gasteiger partial charge < -0.3 is 9.57 Å². The molecule has 0 amide bonds. The molecular weight excluding hydrogens is 206 g/mol. The van der Waals surface area contributed by atoms with Gasteiger partial charge in [-0.1, -0.05) is 25.4 Å². The maximum Gasteiger partial charge on any atom is 0.174 e. The van der Waals surface area contributed by atoms with Crippen LogP contribution in [0.15, 0.2) is 5.16 Å². The van der Waals surface area contributed by atoms with E-state index >= 15 is 0 Å². The summed E-state index contributed by atoms with van der Waals surface area (Å²) in [6, 6.07) is 0. The number of hydrogen-bond donors (Lipinski definition) is 0. The summed E-state index contributed by atoms with van der Waals surface area (Å²) >= 11 is 0. The molecule has 0 saturated carbocycles. The number of unbranched alkanes of at least 4 members (excludes halogenated alkanes) is 1. The van der Waals surface area contributed by atoms with Crippen LogP contribution in [0.1, 0.15) is 40.0 Å². The first-order valence-electron chi connectivity index (χ1n) is 5.90. The maximum atomic E-state index is 10.5. The Morgan fingerprint density at radius 3 is 2.69 bits per heavy atom. The summed E-state index contributed by atoms with van der Waals surface area (Å²) < 4.78 is 5.48. The number of ether oxygens (including phenoxy) is 1. The highest BCUT2D eigenvalue weighted by molar-refractivity contribution is 6.26. The minimum Gasteiger partial charge on any atom is -0.396 e. The van der Waals surface area contributed by atoms with Crippen LogP contribution in [-0.4, -0.2) is 31.8 Å². The first-order chi connectivity index (χ1) is 7.66. The number of nitrogens with zero attached hydrogens (tertiary/aromatic N) is 1. The molecule has 1 unspecified atom stereocenters. The summed E-state index contributed by atoms with van der Waals surface area (Å²) in [5, 5.41) is 3.51. The smallest absolute Gasteiger partial charge is 0.174 e. The summed E-state index contributed by atoms with van der Waals surface area (Å²) in [5.74, 6) is 0.535. The fourth-order valence-electron chi connectivity index (χ4n) is 0.937. The molecule has 0 aliphatic rings. The lowest BCUT2D eigenvalue weighted by Crippen LogP contribution is -2.06. The van der Waals surface area contributed by atoms with Gasteiger partial charge in [-0.15, -0.1) is 0 Å². The van der Waals surface area contributed by atoms with E-state index in [1.54, 1.807) is 0 Å². The molecule has 0 aliphatic carbocycles. The lowest BCUT2D eigenvalue weighted by molar-refractivity contribution is -0.110. The van der Waals surface area contributed by atoms with E-state index in [9.17, 15) is 4.79 Å². The fraction of sp³-hybridized carbons (Fsp3) is 0.833.